The fraction of sp³-hybridized carbons (Fsp3) is 0.560. The standard InChI is InChI=1S/C25H35FN2O/c1-18(2)23(27-16-19-8-6-5-7-9-19)24(29)28-15-14-22(25(3,4)17-28)20-10-12-21(26)13-11-20/h5-10,12,18,22-23,27H,11,13-17H2,1-4H3/t22?,23-/m1/s1. The van der Waals surface area contributed by atoms with E-state index in [1.165, 1.54) is 11.1 Å². The van der Waals surface area contributed by atoms with Gasteiger partial charge in [0.25, 0.3) is 0 Å². The van der Waals surface area contributed by atoms with Crippen molar-refractivity contribution in [2.75, 3.05) is 13.1 Å². The maximum Gasteiger partial charge on any atom is 0.239 e. The van der Waals surface area contributed by atoms with Crippen LogP contribution in [0.5, 0.6) is 0 Å². The van der Waals surface area contributed by atoms with Gasteiger partial charge in [-0.05, 0) is 41.7 Å². The van der Waals surface area contributed by atoms with Crippen LogP contribution in [-0.4, -0.2) is 29.9 Å². The van der Waals surface area contributed by atoms with Crippen molar-refractivity contribution in [3.8, 4) is 0 Å². The lowest BCUT2D eigenvalue weighted by molar-refractivity contribution is -0.138. The highest BCUT2D eigenvalue weighted by atomic mass is 19.1. The highest BCUT2D eigenvalue weighted by Crippen LogP contribution is 2.42. The Labute approximate surface area is 175 Å². The zero-order valence-corrected chi connectivity index (χ0v) is 18.2. The Morgan fingerprint density at radius 3 is 2.52 bits per heavy atom. The van der Waals surface area contributed by atoms with Crippen LogP contribution in [0, 0.1) is 17.3 Å². The second kappa shape index (κ2) is 9.25. The van der Waals surface area contributed by atoms with Crippen LogP contribution in [0.15, 0.2) is 53.9 Å². The first-order valence-corrected chi connectivity index (χ1v) is 10.9. The second-order valence-corrected chi connectivity index (χ2v) is 9.53. The Morgan fingerprint density at radius 1 is 1.21 bits per heavy atom. The summed E-state index contributed by atoms with van der Waals surface area (Å²) in [6.45, 7) is 10.9. The molecule has 0 spiro atoms. The summed E-state index contributed by atoms with van der Waals surface area (Å²) >= 11 is 0. The summed E-state index contributed by atoms with van der Waals surface area (Å²) in [5.41, 5.74) is 2.52. The minimum Gasteiger partial charge on any atom is -0.341 e. The Bertz CT molecular complexity index is 766. The van der Waals surface area contributed by atoms with Crippen LogP contribution >= 0.6 is 0 Å². The summed E-state index contributed by atoms with van der Waals surface area (Å²) < 4.78 is 13.4. The number of hydrogen-bond donors (Lipinski definition) is 1. The van der Waals surface area contributed by atoms with E-state index >= 15 is 0 Å². The van der Waals surface area contributed by atoms with E-state index in [9.17, 15) is 9.18 Å². The molecule has 2 atom stereocenters. The fourth-order valence-corrected chi connectivity index (χ4v) is 4.78. The van der Waals surface area contributed by atoms with Gasteiger partial charge in [0, 0.05) is 26.1 Å². The Kier molecular flexibility index (Phi) is 6.94. The molecule has 0 aromatic heterocycles. The largest absolute Gasteiger partial charge is 0.341 e. The van der Waals surface area contributed by atoms with E-state index in [-0.39, 0.29) is 29.1 Å². The van der Waals surface area contributed by atoms with Gasteiger partial charge in [0.1, 0.15) is 5.83 Å². The highest BCUT2D eigenvalue weighted by Gasteiger charge is 2.41. The van der Waals surface area contributed by atoms with Crippen LogP contribution in [0.3, 0.4) is 0 Å². The molecule has 3 nitrogen and oxygen atoms in total. The molecular weight excluding hydrogens is 363 g/mol. The van der Waals surface area contributed by atoms with Crippen molar-refractivity contribution in [2.45, 2.75) is 59.5 Å². The van der Waals surface area contributed by atoms with Crippen molar-refractivity contribution in [3.63, 3.8) is 0 Å². The highest BCUT2D eigenvalue weighted by molar-refractivity contribution is 5.82. The molecule has 1 aliphatic heterocycles. The van der Waals surface area contributed by atoms with Gasteiger partial charge in [-0.3, -0.25) is 4.79 Å². The smallest absolute Gasteiger partial charge is 0.239 e. The third-order valence-corrected chi connectivity index (χ3v) is 6.42. The maximum absolute atomic E-state index is 13.4. The Balaban J connectivity index is 1.65. The Morgan fingerprint density at radius 2 is 1.93 bits per heavy atom. The minimum atomic E-state index is -0.187. The molecule has 4 heteroatoms. The molecular formula is C25H35FN2O. The van der Waals surface area contributed by atoms with Gasteiger partial charge in [0.15, 0.2) is 0 Å². The number of allylic oxidation sites excluding steroid dienone is 4. The van der Waals surface area contributed by atoms with Crippen molar-refractivity contribution in [3.05, 3.63) is 59.4 Å². The van der Waals surface area contributed by atoms with E-state index in [2.05, 4.69) is 45.1 Å². The van der Waals surface area contributed by atoms with Crippen LogP contribution in [0.1, 0.15) is 52.5 Å². The zero-order chi connectivity index (χ0) is 21.0. The van der Waals surface area contributed by atoms with E-state index in [1.807, 2.05) is 29.2 Å². The molecule has 1 aromatic carbocycles. The van der Waals surface area contributed by atoms with Gasteiger partial charge >= 0.3 is 0 Å². The molecule has 2 aliphatic rings. The summed E-state index contributed by atoms with van der Waals surface area (Å²) in [7, 11) is 0. The summed E-state index contributed by atoms with van der Waals surface area (Å²) in [4.78, 5) is 15.4. The third-order valence-electron chi connectivity index (χ3n) is 6.42. The summed E-state index contributed by atoms with van der Waals surface area (Å²) in [5, 5.41) is 3.49. The number of halogens is 1. The summed E-state index contributed by atoms with van der Waals surface area (Å²) in [6, 6.07) is 10.0. The maximum atomic E-state index is 13.4. The average molecular weight is 399 g/mol. The molecule has 1 unspecified atom stereocenters. The fourth-order valence-electron chi connectivity index (χ4n) is 4.78. The van der Waals surface area contributed by atoms with Gasteiger partial charge < -0.3 is 10.2 Å². The van der Waals surface area contributed by atoms with Gasteiger partial charge in [-0.1, -0.05) is 69.7 Å². The summed E-state index contributed by atoms with van der Waals surface area (Å²) in [6.07, 6.45) is 5.86. The van der Waals surface area contributed by atoms with E-state index in [4.69, 9.17) is 0 Å². The van der Waals surface area contributed by atoms with Crippen LogP contribution < -0.4 is 5.32 Å². The van der Waals surface area contributed by atoms with E-state index < -0.39 is 0 Å². The predicted octanol–water partition coefficient (Wildman–Crippen LogP) is 5.25. The number of amides is 1. The lowest BCUT2D eigenvalue weighted by atomic mass is 9.68. The van der Waals surface area contributed by atoms with E-state index in [1.54, 1.807) is 6.08 Å². The van der Waals surface area contributed by atoms with Crippen molar-refractivity contribution >= 4 is 5.91 Å². The van der Waals surface area contributed by atoms with Gasteiger partial charge in [-0.25, -0.2) is 4.39 Å². The van der Waals surface area contributed by atoms with Gasteiger partial charge in [-0.15, -0.1) is 0 Å². The van der Waals surface area contributed by atoms with Crippen molar-refractivity contribution in [1.82, 2.24) is 10.2 Å². The topological polar surface area (TPSA) is 32.3 Å². The van der Waals surface area contributed by atoms with Crippen molar-refractivity contribution in [2.24, 2.45) is 17.3 Å². The van der Waals surface area contributed by atoms with Gasteiger partial charge in [0.05, 0.1) is 6.04 Å². The SMILES string of the molecule is CC(C)[C@@H](NCc1ccccc1)C(=O)N1CCC(C2=CC=C(F)CC2)C(C)(C)C1. The quantitative estimate of drug-likeness (QED) is 0.710. The average Bonchev–Trinajstić information content (AvgIpc) is 2.68. The van der Waals surface area contributed by atoms with E-state index in [0.717, 1.165) is 25.9 Å². The number of nitrogens with zero attached hydrogens (tertiary/aromatic N) is 1. The summed E-state index contributed by atoms with van der Waals surface area (Å²) in [5.74, 6) is 0.807. The monoisotopic (exact) mass is 398 g/mol. The molecule has 0 saturated carbocycles. The number of carbonyl (C=O) groups is 1. The van der Waals surface area contributed by atoms with Crippen molar-refractivity contribution < 1.29 is 9.18 Å². The molecule has 1 N–H and O–H groups in total. The zero-order valence-electron chi connectivity index (χ0n) is 18.2. The lowest BCUT2D eigenvalue weighted by Gasteiger charge is -2.46. The number of rotatable bonds is 6. The molecule has 0 bridgehead atoms. The molecule has 1 fully saturated rings. The molecule has 158 valence electrons. The minimum absolute atomic E-state index is 0.0115. The number of likely N-dealkylation sites (tertiary alicyclic amines) is 1. The first-order chi connectivity index (χ1) is 13.8. The molecule has 1 aromatic rings. The molecule has 0 radical (unpaired) electrons. The number of carbonyl (C=O) groups excluding carboxylic acids is 1. The lowest BCUT2D eigenvalue weighted by Crippen LogP contribution is -2.55. The first kappa shape index (κ1) is 21.8. The third kappa shape index (κ3) is 5.36. The second-order valence-electron chi connectivity index (χ2n) is 9.53. The van der Waals surface area contributed by atoms with Crippen LogP contribution in [0.4, 0.5) is 4.39 Å². The number of hydrogen-bond acceptors (Lipinski definition) is 2. The number of piperidine rings is 1. The normalized spacial score (nSPS) is 22.8. The van der Waals surface area contributed by atoms with Gasteiger partial charge in [0.2, 0.25) is 5.91 Å². The van der Waals surface area contributed by atoms with Gasteiger partial charge in [-0.2, -0.15) is 0 Å². The van der Waals surface area contributed by atoms with E-state index in [0.29, 0.717) is 18.9 Å². The number of benzene rings is 1. The Hall–Kier alpha value is -1.94. The van der Waals surface area contributed by atoms with Crippen LogP contribution in [0.2, 0.25) is 0 Å². The number of nitrogens with one attached hydrogen (secondary N) is 1. The molecule has 1 heterocycles. The molecule has 1 saturated heterocycles. The molecule has 3 rings (SSSR count). The van der Waals surface area contributed by atoms with Crippen molar-refractivity contribution in [1.29, 1.82) is 0 Å². The van der Waals surface area contributed by atoms with Crippen LogP contribution in [0.25, 0.3) is 0 Å². The molecule has 29 heavy (non-hydrogen) atoms. The molecule has 1 amide bonds. The van der Waals surface area contributed by atoms with Crippen LogP contribution in [-0.2, 0) is 11.3 Å². The predicted molar refractivity (Wildman–Crippen MR) is 117 cm³/mol. The molecule has 1 aliphatic carbocycles. The first-order valence-electron chi connectivity index (χ1n) is 10.9.